The van der Waals surface area contributed by atoms with E-state index in [1.807, 2.05) is 25.1 Å². The highest BCUT2D eigenvalue weighted by molar-refractivity contribution is 5.94. The quantitative estimate of drug-likeness (QED) is 0.888. The van der Waals surface area contributed by atoms with E-state index in [0.717, 1.165) is 37.2 Å². The van der Waals surface area contributed by atoms with Crippen molar-refractivity contribution in [3.05, 3.63) is 42.2 Å². The van der Waals surface area contributed by atoms with Gasteiger partial charge in [-0.05, 0) is 56.6 Å². The first-order valence-corrected chi connectivity index (χ1v) is 7.82. The Kier molecular flexibility index (Phi) is 6.52. The standard InChI is InChI=1S/C17H20N4O2.ClH/c1-12-9-11-19-17(20-12)23-14-7-5-13(6-8-14)21-16(22)15-4-2-3-10-18-15;/h5-9,11,15,18H,2-4,10H2,1H3,(H,21,22);1H. The molecule has 1 aromatic heterocycles. The summed E-state index contributed by atoms with van der Waals surface area (Å²) in [5, 5.41) is 6.16. The molecule has 7 heteroatoms. The number of aromatic nitrogens is 2. The lowest BCUT2D eigenvalue weighted by Crippen LogP contribution is -2.43. The van der Waals surface area contributed by atoms with Crippen molar-refractivity contribution in [2.45, 2.75) is 32.2 Å². The Morgan fingerprint density at radius 3 is 2.71 bits per heavy atom. The largest absolute Gasteiger partial charge is 0.424 e. The van der Waals surface area contributed by atoms with Crippen LogP contribution in [0.25, 0.3) is 0 Å². The zero-order chi connectivity index (χ0) is 16.1. The third kappa shape index (κ3) is 4.91. The smallest absolute Gasteiger partial charge is 0.322 e. The molecular formula is C17H21ClN4O2. The van der Waals surface area contributed by atoms with Crippen molar-refractivity contribution in [1.82, 2.24) is 15.3 Å². The molecule has 6 nitrogen and oxygen atoms in total. The Hall–Kier alpha value is -2.18. The zero-order valence-corrected chi connectivity index (χ0v) is 14.3. The number of nitrogens with one attached hydrogen (secondary N) is 2. The molecule has 2 N–H and O–H groups in total. The van der Waals surface area contributed by atoms with E-state index in [4.69, 9.17) is 4.74 Å². The van der Waals surface area contributed by atoms with Crippen molar-refractivity contribution >= 4 is 24.0 Å². The predicted octanol–water partition coefficient (Wildman–Crippen LogP) is 3.08. The van der Waals surface area contributed by atoms with Gasteiger partial charge in [-0.1, -0.05) is 6.42 Å². The van der Waals surface area contributed by atoms with Crippen molar-refractivity contribution in [3.63, 3.8) is 0 Å². The molecule has 1 unspecified atom stereocenters. The van der Waals surface area contributed by atoms with Crippen LogP contribution >= 0.6 is 12.4 Å². The lowest BCUT2D eigenvalue weighted by molar-refractivity contribution is -0.118. The van der Waals surface area contributed by atoms with Crippen LogP contribution in [0, 0.1) is 6.92 Å². The number of hydrogen-bond donors (Lipinski definition) is 2. The number of hydrogen-bond acceptors (Lipinski definition) is 5. The van der Waals surface area contributed by atoms with Crippen LogP contribution in [0.3, 0.4) is 0 Å². The molecule has 1 aliphatic heterocycles. The fraction of sp³-hybridized carbons (Fsp3) is 0.353. The lowest BCUT2D eigenvalue weighted by atomic mass is 10.0. The summed E-state index contributed by atoms with van der Waals surface area (Å²) in [6.45, 7) is 2.79. The third-order valence-electron chi connectivity index (χ3n) is 3.73. The molecule has 2 aromatic rings. The Morgan fingerprint density at radius 1 is 1.25 bits per heavy atom. The minimum Gasteiger partial charge on any atom is -0.424 e. The fourth-order valence-electron chi connectivity index (χ4n) is 2.49. The number of benzene rings is 1. The number of ether oxygens (including phenoxy) is 1. The van der Waals surface area contributed by atoms with Crippen LogP contribution in [0.5, 0.6) is 11.8 Å². The van der Waals surface area contributed by atoms with Gasteiger partial charge in [0.15, 0.2) is 0 Å². The van der Waals surface area contributed by atoms with Gasteiger partial charge >= 0.3 is 6.01 Å². The molecule has 24 heavy (non-hydrogen) atoms. The summed E-state index contributed by atoms with van der Waals surface area (Å²) in [7, 11) is 0. The number of carbonyl (C=O) groups is 1. The molecule has 0 bridgehead atoms. The van der Waals surface area contributed by atoms with E-state index < -0.39 is 0 Å². The molecule has 1 fully saturated rings. The van der Waals surface area contributed by atoms with Gasteiger partial charge in [0.1, 0.15) is 5.75 Å². The Labute approximate surface area is 147 Å². The topological polar surface area (TPSA) is 76.1 Å². The number of anilines is 1. The van der Waals surface area contributed by atoms with Gasteiger partial charge in [-0.25, -0.2) is 9.97 Å². The fourth-order valence-corrected chi connectivity index (χ4v) is 2.49. The summed E-state index contributed by atoms with van der Waals surface area (Å²) in [5.41, 5.74) is 1.60. The van der Waals surface area contributed by atoms with Crippen molar-refractivity contribution < 1.29 is 9.53 Å². The Bertz CT molecular complexity index is 673. The first-order valence-electron chi connectivity index (χ1n) is 7.82. The second kappa shape index (κ2) is 8.61. The van der Waals surface area contributed by atoms with Crippen LogP contribution in [0.1, 0.15) is 25.0 Å². The normalized spacial score (nSPS) is 16.8. The van der Waals surface area contributed by atoms with E-state index in [-0.39, 0.29) is 24.4 Å². The van der Waals surface area contributed by atoms with Crippen molar-refractivity contribution in [1.29, 1.82) is 0 Å². The molecule has 0 saturated carbocycles. The number of halogens is 1. The number of aryl methyl sites for hydroxylation is 1. The predicted molar refractivity (Wildman–Crippen MR) is 94.8 cm³/mol. The SMILES string of the molecule is Cc1ccnc(Oc2ccc(NC(=O)C3CCCCN3)cc2)n1.Cl. The summed E-state index contributed by atoms with van der Waals surface area (Å²) in [4.78, 5) is 20.4. The molecule has 3 rings (SSSR count). The third-order valence-corrected chi connectivity index (χ3v) is 3.73. The Morgan fingerprint density at radius 2 is 2.04 bits per heavy atom. The molecule has 1 saturated heterocycles. The number of carbonyl (C=O) groups excluding carboxylic acids is 1. The highest BCUT2D eigenvalue weighted by atomic mass is 35.5. The maximum atomic E-state index is 12.2. The van der Waals surface area contributed by atoms with Crippen molar-refractivity contribution in [2.24, 2.45) is 0 Å². The van der Waals surface area contributed by atoms with Gasteiger partial charge in [0.2, 0.25) is 5.91 Å². The maximum Gasteiger partial charge on any atom is 0.322 e. The Balaban J connectivity index is 0.00000208. The molecule has 128 valence electrons. The number of amides is 1. The van der Waals surface area contributed by atoms with Crippen LogP contribution in [-0.2, 0) is 4.79 Å². The van der Waals surface area contributed by atoms with Crippen LogP contribution in [-0.4, -0.2) is 28.5 Å². The van der Waals surface area contributed by atoms with Gasteiger partial charge in [-0.3, -0.25) is 4.79 Å². The minimum atomic E-state index is -0.0969. The van der Waals surface area contributed by atoms with Gasteiger partial charge in [0.25, 0.3) is 0 Å². The summed E-state index contributed by atoms with van der Waals surface area (Å²) in [5.74, 6) is 0.643. The van der Waals surface area contributed by atoms with E-state index >= 15 is 0 Å². The molecule has 0 radical (unpaired) electrons. The lowest BCUT2D eigenvalue weighted by Gasteiger charge is -2.22. The van der Waals surface area contributed by atoms with E-state index in [0.29, 0.717) is 11.8 Å². The summed E-state index contributed by atoms with van der Waals surface area (Å²) < 4.78 is 5.59. The van der Waals surface area contributed by atoms with E-state index in [9.17, 15) is 4.79 Å². The average molecular weight is 349 g/mol. The van der Waals surface area contributed by atoms with Gasteiger partial charge < -0.3 is 15.4 Å². The molecule has 1 amide bonds. The average Bonchev–Trinajstić information content (AvgIpc) is 2.57. The minimum absolute atomic E-state index is 0. The molecule has 2 heterocycles. The second-order valence-electron chi connectivity index (χ2n) is 5.60. The van der Waals surface area contributed by atoms with Crippen molar-refractivity contribution in [3.8, 4) is 11.8 Å². The van der Waals surface area contributed by atoms with E-state index in [1.165, 1.54) is 0 Å². The maximum absolute atomic E-state index is 12.2. The molecule has 1 aliphatic rings. The molecule has 1 aromatic carbocycles. The highest BCUT2D eigenvalue weighted by Crippen LogP contribution is 2.20. The molecule has 0 aliphatic carbocycles. The molecule has 0 spiro atoms. The van der Waals surface area contributed by atoms with E-state index in [2.05, 4.69) is 20.6 Å². The van der Waals surface area contributed by atoms with Crippen molar-refractivity contribution in [2.75, 3.05) is 11.9 Å². The van der Waals surface area contributed by atoms with Gasteiger partial charge in [0, 0.05) is 17.6 Å². The van der Waals surface area contributed by atoms with Crippen LogP contribution in [0.2, 0.25) is 0 Å². The first kappa shape index (κ1) is 18.2. The van der Waals surface area contributed by atoms with Gasteiger partial charge in [-0.15, -0.1) is 12.4 Å². The zero-order valence-electron chi connectivity index (χ0n) is 13.5. The summed E-state index contributed by atoms with van der Waals surface area (Å²) in [6.07, 6.45) is 4.77. The summed E-state index contributed by atoms with van der Waals surface area (Å²) in [6, 6.07) is 9.22. The van der Waals surface area contributed by atoms with Crippen LogP contribution in [0.4, 0.5) is 5.69 Å². The second-order valence-corrected chi connectivity index (χ2v) is 5.60. The first-order chi connectivity index (χ1) is 11.2. The van der Waals surface area contributed by atoms with Crippen LogP contribution in [0.15, 0.2) is 36.5 Å². The monoisotopic (exact) mass is 348 g/mol. The number of nitrogens with zero attached hydrogens (tertiary/aromatic N) is 2. The number of rotatable bonds is 4. The molecule has 1 atom stereocenters. The van der Waals surface area contributed by atoms with Crippen LogP contribution < -0.4 is 15.4 Å². The van der Waals surface area contributed by atoms with E-state index in [1.54, 1.807) is 18.3 Å². The van der Waals surface area contributed by atoms with Gasteiger partial charge in [-0.2, -0.15) is 0 Å². The van der Waals surface area contributed by atoms with Gasteiger partial charge in [0.05, 0.1) is 6.04 Å². The molecular weight excluding hydrogens is 328 g/mol. The highest BCUT2D eigenvalue weighted by Gasteiger charge is 2.20. The summed E-state index contributed by atoms with van der Waals surface area (Å²) >= 11 is 0. The number of piperidine rings is 1.